The van der Waals surface area contributed by atoms with Crippen LogP contribution in [0.25, 0.3) is 0 Å². The second-order valence-electron chi connectivity index (χ2n) is 4.92. The molecule has 1 saturated heterocycles. The summed E-state index contributed by atoms with van der Waals surface area (Å²) >= 11 is 0. The molecular weight excluding hydrogens is 228 g/mol. The summed E-state index contributed by atoms with van der Waals surface area (Å²) in [7, 11) is 0. The Labute approximate surface area is 109 Å². The molecule has 18 heavy (non-hydrogen) atoms. The molecule has 2 unspecified atom stereocenters. The van der Waals surface area contributed by atoms with E-state index in [0.717, 1.165) is 13.0 Å². The zero-order valence-corrected chi connectivity index (χ0v) is 11.2. The lowest BCUT2D eigenvalue weighted by atomic mass is 10.1. The average Bonchev–Trinajstić information content (AvgIpc) is 2.38. The van der Waals surface area contributed by atoms with E-state index in [1.807, 2.05) is 18.2 Å². The summed E-state index contributed by atoms with van der Waals surface area (Å²) in [6.45, 7) is 6.13. The Kier molecular flexibility index (Phi) is 5.17. The maximum Gasteiger partial charge on any atom is 0.107 e. The van der Waals surface area contributed by atoms with Gasteiger partial charge in [-0.2, -0.15) is 0 Å². The zero-order chi connectivity index (χ0) is 12.8. The van der Waals surface area contributed by atoms with Crippen LogP contribution in [0, 0.1) is 0 Å². The quantitative estimate of drug-likeness (QED) is 0.804. The smallest absolute Gasteiger partial charge is 0.107 e. The van der Waals surface area contributed by atoms with Gasteiger partial charge in [0.2, 0.25) is 0 Å². The first-order valence-corrected chi connectivity index (χ1v) is 6.64. The monoisotopic (exact) mass is 250 g/mol. The van der Waals surface area contributed by atoms with Crippen LogP contribution in [0.15, 0.2) is 30.3 Å². The van der Waals surface area contributed by atoms with Crippen molar-refractivity contribution >= 4 is 0 Å². The molecule has 0 bridgehead atoms. The van der Waals surface area contributed by atoms with Gasteiger partial charge in [-0.1, -0.05) is 30.3 Å². The van der Waals surface area contributed by atoms with Gasteiger partial charge in [0, 0.05) is 6.61 Å². The van der Waals surface area contributed by atoms with Crippen LogP contribution in [0.2, 0.25) is 0 Å². The molecule has 1 fully saturated rings. The lowest BCUT2D eigenvalue weighted by Gasteiger charge is -2.32. The van der Waals surface area contributed by atoms with Gasteiger partial charge < -0.3 is 14.2 Å². The van der Waals surface area contributed by atoms with Crippen molar-refractivity contribution in [2.75, 3.05) is 13.2 Å². The van der Waals surface area contributed by atoms with E-state index in [2.05, 4.69) is 26.0 Å². The molecule has 1 heterocycles. The summed E-state index contributed by atoms with van der Waals surface area (Å²) in [5.41, 5.74) is 1.19. The van der Waals surface area contributed by atoms with Gasteiger partial charge in [0.1, 0.15) is 6.10 Å². The molecule has 0 spiro atoms. The maximum atomic E-state index is 5.93. The molecule has 1 aromatic rings. The molecule has 0 aliphatic carbocycles. The van der Waals surface area contributed by atoms with Crippen molar-refractivity contribution < 1.29 is 14.2 Å². The highest BCUT2D eigenvalue weighted by Crippen LogP contribution is 2.18. The molecule has 1 aromatic carbocycles. The van der Waals surface area contributed by atoms with E-state index < -0.39 is 0 Å². The predicted octanol–water partition coefficient (Wildman–Crippen LogP) is 2.79. The van der Waals surface area contributed by atoms with Gasteiger partial charge in [0.15, 0.2) is 0 Å². The first-order valence-electron chi connectivity index (χ1n) is 6.64. The van der Waals surface area contributed by atoms with Crippen molar-refractivity contribution in [3.63, 3.8) is 0 Å². The van der Waals surface area contributed by atoms with E-state index in [4.69, 9.17) is 14.2 Å². The van der Waals surface area contributed by atoms with Crippen molar-refractivity contribution in [1.82, 2.24) is 0 Å². The Morgan fingerprint density at radius 1 is 1.22 bits per heavy atom. The minimum atomic E-state index is 0.0429. The SMILES string of the molecule is CC(C)OC1CCOCC1OCc1ccccc1. The van der Waals surface area contributed by atoms with Gasteiger partial charge in [-0.3, -0.25) is 0 Å². The average molecular weight is 250 g/mol. The van der Waals surface area contributed by atoms with Crippen LogP contribution < -0.4 is 0 Å². The van der Waals surface area contributed by atoms with Crippen molar-refractivity contribution in [2.24, 2.45) is 0 Å². The van der Waals surface area contributed by atoms with E-state index in [-0.39, 0.29) is 18.3 Å². The number of ether oxygens (including phenoxy) is 3. The van der Waals surface area contributed by atoms with Gasteiger partial charge >= 0.3 is 0 Å². The van der Waals surface area contributed by atoms with Crippen LogP contribution in [0.5, 0.6) is 0 Å². The van der Waals surface area contributed by atoms with E-state index in [9.17, 15) is 0 Å². The molecule has 0 N–H and O–H groups in total. The molecule has 1 aliphatic rings. The minimum Gasteiger partial charge on any atom is -0.379 e. The molecule has 3 heteroatoms. The zero-order valence-electron chi connectivity index (χ0n) is 11.2. The Balaban J connectivity index is 1.85. The van der Waals surface area contributed by atoms with Crippen LogP contribution in [0.3, 0.4) is 0 Å². The van der Waals surface area contributed by atoms with Crippen molar-refractivity contribution in [3.05, 3.63) is 35.9 Å². The largest absolute Gasteiger partial charge is 0.379 e. The predicted molar refractivity (Wildman–Crippen MR) is 70.5 cm³/mol. The highest BCUT2D eigenvalue weighted by Gasteiger charge is 2.28. The van der Waals surface area contributed by atoms with Gasteiger partial charge in [0.25, 0.3) is 0 Å². The lowest BCUT2D eigenvalue weighted by Crippen LogP contribution is -2.41. The van der Waals surface area contributed by atoms with Gasteiger partial charge in [0.05, 0.1) is 25.4 Å². The van der Waals surface area contributed by atoms with E-state index in [0.29, 0.717) is 13.2 Å². The third-order valence-corrected chi connectivity index (χ3v) is 3.00. The van der Waals surface area contributed by atoms with E-state index in [1.165, 1.54) is 5.56 Å². The Morgan fingerprint density at radius 2 is 2.00 bits per heavy atom. The number of hydrogen-bond acceptors (Lipinski definition) is 3. The first-order chi connectivity index (χ1) is 8.75. The third kappa shape index (κ3) is 4.09. The van der Waals surface area contributed by atoms with Crippen LogP contribution in [-0.2, 0) is 20.8 Å². The molecule has 0 amide bonds. The summed E-state index contributed by atoms with van der Waals surface area (Å²) in [6.07, 6.45) is 1.34. The van der Waals surface area contributed by atoms with Crippen LogP contribution in [0.1, 0.15) is 25.8 Å². The molecule has 1 aliphatic heterocycles. The van der Waals surface area contributed by atoms with Crippen molar-refractivity contribution in [1.29, 1.82) is 0 Å². The van der Waals surface area contributed by atoms with Gasteiger partial charge in [-0.05, 0) is 25.8 Å². The minimum absolute atomic E-state index is 0.0429. The summed E-state index contributed by atoms with van der Waals surface area (Å²) in [5, 5.41) is 0. The van der Waals surface area contributed by atoms with Crippen LogP contribution in [-0.4, -0.2) is 31.5 Å². The fourth-order valence-corrected chi connectivity index (χ4v) is 2.13. The van der Waals surface area contributed by atoms with Crippen LogP contribution >= 0.6 is 0 Å². The maximum absolute atomic E-state index is 5.93. The first kappa shape index (κ1) is 13.5. The van der Waals surface area contributed by atoms with Crippen molar-refractivity contribution in [3.8, 4) is 0 Å². The Morgan fingerprint density at radius 3 is 2.72 bits per heavy atom. The second kappa shape index (κ2) is 6.88. The highest BCUT2D eigenvalue weighted by molar-refractivity contribution is 5.13. The molecule has 2 atom stereocenters. The fourth-order valence-electron chi connectivity index (χ4n) is 2.13. The Bertz CT molecular complexity index is 337. The topological polar surface area (TPSA) is 27.7 Å². The summed E-state index contributed by atoms with van der Waals surface area (Å²) in [4.78, 5) is 0. The second-order valence-corrected chi connectivity index (χ2v) is 4.92. The lowest BCUT2D eigenvalue weighted by molar-refractivity contribution is -0.156. The van der Waals surface area contributed by atoms with Crippen LogP contribution in [0.4, 0.5) is 0 Å². The summed E-state index contributed by atoms with van der Waals surface area (Å²) in [5.74, 6) is 0. The molecule has 100 valence electrons. The summed E-state index contributed by atoms with van der Waals surface area (Å²) in [6, 6.07) is 10.2. The van der Waals surface area contributed by atoms with E-state index in [1.54, 1.807) is 0 Å². The number of hydrogen-bond donors (Lipinski definition) is 0. The standard InChI is InChI=1S/C15H22O3/c1-12(2)18-14-8-9-16-11-15(14)17-10-13-6-4-3-5-7-13/h3-7,12,14-15H,8-11H2,1-2H3. The molecule has 0 aromatic heterocycles. The normalized spacial score (nSPS) is 24.4. The molecule has 3 nitrogen and oxygen atoms in total. The number of benzene rings is 1. The molecule has 0 saturated carbocycles. The highest BCUT2D eigenvalue weighted by atomic mass is 16.6. The Hall–Kier alpha value is -0.900. The van der Waals surface area contributed by atoms with E-state index >= 15 is 0 Å². The summed E-state index contributed by atoms with van der Waals surface area (Å²) < 4.78 is 17.3. The molecule has 2 rings (SSSR count). The fraction of sp³-hybridized carbons (Fsp3) is 0.600. The number of rotatable bonds is 5. The van der Waals surface area contributed by atoms with Gasteiger partial charge in [-0.15, -0.1) is 0 Å². The molecular formula is C15H22O3. The molecule has 0 radical (unpaired) electrons. The third-order valence-electron chi connectivity index (χ3n) is 3.00. The van der Waals surface area contributed by atoms with Gasteiger partial charge in [-0.25, -0.2) is 0 Å². The van der Waals surface area contributed by atoms with Crippen molar-refractivity contribution in [2.45, 2.75) is 45.2 Å².